The number of pyridine rings is 1. The smallest absolute Gasteiger partial charge is 0.357 e. The number of anilines is 2. The number of hydrogen-bond acceptors (Lipinski definition) is 5. The van der Waals surface area contributed by atoms with Gasteiger partial charge in [0.25, 0.3) is 0 Å². The minimum atomic E-state index is -4.28. The lowest BCUT2D eigenvalue weighted by Crippen LogP contribution is -2.35. The molecule has 7 nitrogen and oxygen atoms in total. The van der Waals surface area contributed by atoms with E-state index in [-0.39, 0.29) is 19.5 Å². The van der Waals surface area contributed by atoms with Crippen molar-refractivity contribution in [1.82, 2.24) is 19.9 Å². The van der Waals surface area contributed by atoms with E-state index in [2.05, 4.69) is 25.6 Å². The highest BCUT2D eigenvalue weighted by Gasteiger charge is 2.44. The summed E-state index contributed by atoms with van der Waals surface area (Å²) in [7, 11) is 1.73. The standard InChI is InChI=1S/C21H21F3N6O/c1-12-3-4-16(28-20(31)30-6-5-15(11-30)21(22,23)24)8-17(12)13-7-14-10-27-19(25-2)29-18(14)26-9-13/h3-4,7-10,15H,5-6,11H2,1-2H3,(H,28,31)(H,25,26,27,29)/t15-/m1/s1. The molecule has 1 aromatic carbocycles. The number of likely N-dealkylation sites (tertiary alicyclic amines) is 1. The third-order valence-electron chi connectivity index (χ3n) is 5.39. The van der Waals surface area contributed by atoms with Crippen LogP contribution in [0.25, 0.3) is 22.2 Å². The number of nitrogens with one attached hydrogen (secondary N) is 2. The monoisotopic (exact) mass is 430 g/mol. The molecule has 1 aliphatic heterocycles. The fourth-order valence-corrected chi connectivity index (χ4v) is 3.62. The molecule has 0 radical (unpaired) electrons. The normalized spacial score (nSPS) is 16.5. The number of benzene rings is 1. The van der Waals surface area contributed by atoms with Crippen LogP contribution in [-0.2, 0) is 0 Å². The predicted octanol–water partition coefficient (Wildman–Crippen LogP) is 4.46. The quantitative estimate of drug-likeness (QED) is 0.641. The van der Waals surface area contributed by atoms with E-state index in [0.717, 1.165) is 22.1 Å². The van der Waals surface area contributed by atoms with Crippen LogP contribution in [0.2, 0.25) is 0 Å². The fourth-order valence-electron chi connectivity index (χ4n) is 3.62. The molecule has 3 aromatic rings. The van der Waals surface area contributed by atoms with E-state index >= 15 is 0 Å². The molecule has 1 atom stereocenters. The topological polar surface area (TPSA) is 83.0 Å². The zero-order valence-electron chi connectivity index (χ0n) is 17.0. The van der Waals surface area contributed by atoms with Gasteiger partial charge in [-0.05, 0) is 42.7 Å². The summed E-state index contributed by atoms with van der Waals surface area (Å²) in [6, 6.07) is 6.73. The van der Waals surface area contributed by atoms with E-state index in [9.17, 15) is 18.0 Å². The van der Waals surface area contributed by atoms with Gasteiger partial charge in [0.2, 0.25) is 5.95 Å². The molecule has 2 N–H and O–H groups in total. The summed E-state index contributed by atoms with van der Waals surface area (Å²) in [4.78, 5) is 26.6. The van der Waals surface area contributed by atoms with Crippen molar-refractivity contribution in [2.24, 2.45) is 5.92 Å². The first kappa shape index (κ1) is 20.8. The molecule has 0 spiro atoms. The average molecular weight is 430 g/mol. The SMILES string of the molecule is CNc1ncc2cc(-c3cc(NC(=O)N4CC[C@@H](C(F)(F)F)C4)ccc3C)cnc2n1. The van der Waals surface area contributed by atoms with Crippen LogP contribution in [0.5, 0.6) is 0 Å². The Balaban J connectivity index is 1.55. The molecule has 2 amide bonds. The molecule has 0 unspecified atom stereocenters. The van der Waals surface area contributed by atoms with E-state index in [4.69, 9.17) is 0 Å². The number of nitrogens with zero attached hydrogens (tertiary/aromatic N) is 4. The van der Waals surface area contributed by atoms with E-state index in [1.807, 2.05) is 19.1 Å². The first-order valence-corrected chi connectivity index (χ1v) is 9.79. The van der Waals surface area contributed by atoms with Gasteiger partial charge in [0.15, 0.2) is 5.65 Å². The number of aryl methyl sites for hydroxylation is 1. The Kier molecular flexibility index (Phi) is 5.38. The Labute approximate surface area is 176 Å². The second-order valence-corrected chi connectivity index (χ2v) is 7.51. The molecule has 31 heavy (non-hydrogen) atoms. The van der Waals surface area contributed by atoms with Crippen molar-refractivity contribution in [3.63, 3.8) is 0 Å². The average Bonchev–Trinajstić information content (AvgIpc) is 3.25. The number of hydrogen-bond donors (Lipinski definition) is 2. The highest BCUT2D eigenvalue weighted by atomic mass is 19.4. The van der Waals surface area contributed by atoms with Crippen LogP contribution in [-0.4, -0.2) is 52.2 Å². The van der Waals surface area contributed by atoms with Crippen LogP contribution in [0, 0.1) is 12.8 Å². The number of carbonyl (C=O) groups excluding carboxylic acids is 1. The Morgan fingerprint density at radius 2 is 2.00 bits per heavy atom. The Morgan fingerprint density at radius 3 is 2.71 bits per heavy atom. The number of alkyl halides is 3. The van der Waals surface area contributed by atoms with Crippen LogP contribution < -0.4 is 10.6 Å². The number of rotatable bonds is 3. The van der Waals surface area contributed by atoms with Crippen LogP contribution in [0.4, 0.5) is 29.6 Å². The Bertz CT molecular complexity index is 1130. The molecule has 1 fully saturated rings. The van der Waals surface area contributed by atoms with E-state index in [1.54, 1.807) is 31.6 Å². The van der Waals surface area contributed by atoms with Crippen LogP contribution in [0.15, 0.2) is 36.7 Å². The van der Waals surface area contributed by atoms with Gasteiger partial charge < -0.3 is 15.5 Å². The van der Waals surface area contributed by atoms with E-state index in [0.29, 0.717) is 17.3 Å². The third kappa shape index (κ3) is 4.37. The minimum absolute atomic E-state index is 0.0733. The number of carbonyl (C=O) groups is 1. The van der Waals surface area contributed by atoms with Gasteiger partial charge in [0, 0.05) is 49.2 Å². The maximum Gasteiger partial charge on any atom is 0.393 e. The number of amides is 2. The first-order valence-electron chi connectivity index (χ1n) is 9.79. The number of halogens is 3. The fraction of sp³-hybridized carbons (Fsp3) is 0.333. The summed E-state index contributed by atoms with van der Waals surface area (Å²) in [5, 5.41) is 6.34. The van der Waals surface area contributed by atoms with Gasteiger partial charge in [-0.25, -0.2) is 14.8 Å². The zero-order valence-corrected chi connectivity index (χ0v) is 17.0. The Morgan fingerprint density at radius 1 is 1.19 bits per heavy atom. The molecule has 2 aromatic heterocycles. The first-order chi connectivity index (χ1) is 14.7. The lowest BCUT2D eigenvalue weighted by atomic mass is 10.0. The molecule has 1 aliphatic rings. The maximum absolute atomic E-state index is 12.9. The Hall–Kier alpha value is -3.43. The second-order valence-electron chi connectivity index (χ2n) is 7.51. The van der Waals surface area contributed by atoms with Gasteiger partial charge in [-0.15, -0.1) is 0 Å². The van der Waals surface area contributed by atoms with Gasteiger partial charge in [-0.3, -0.25) is 0 Å². The van der Waals surface area contributed by atoms with Gasteiger partial charge in [-0.2, -0.15) is 18.2 Å². The predicted molar refractivity (Wildman–Crippen MR) is 112 cm³/mol. The van der Waals surface area contributed by atoms with Crippen molar-refractivity contribution in [2.75, 3.05) is 30.8 Å². The van der Waals surface area contributed by atoms with Gasteiger partial charge in [-0.1, -0.05) is 6.07 Å². The summed E-state index contributed by atoms with van der Waals surface area (Å²) in [6.45, 7) is 1.69. The number of urea groups is 1. The summed E-state index contributed by atoms with van der Waals surface area (Å²) >= 11 is 0. The minimum Gasteiger partial charge on any atom is -0.357 e. The van der Waals surface area contributed by atoms with Crippen molar-refractivity contribution in [3.8, 4) is 11.1 Å². The summed E-state index contributed by atoms with van der Waals surface area (Å²) in [5.41, 5.74) is 3.69. The summed E-state index contributed by atoms with van der Waals surface area (Å²) < 4.78 is 38.7. The van der Waals surface area contributed by atoms with Gasteiger partial charge in [0.05, 0.1) is 5.92 Å². The van der Waals surface area contributed by atoms with Gasteiger partial charge in [0.1, 0.15) is 0 Å². The van der Waals surface area contributed by atoms with Crippen molar-refractivity contribution >= 4 is 28.7 Å². The molecule has 0 bridgehead atoms. The third-order valence-corrected chi connectivity index (χ3v) is 5.39. The van der Waals surface area contributed by atoms with Crippen LogP contribution in [0.3, 0.4) is 0 Å². The molecule has 1 saturated heterocycles. The van der Waals surface area contributed by atoms with Crippen molar-refractivity contribution in [1.29, 1.82) is 0 Å². The molecule has 3 heterocycles. The lowest BCUT2D eigenvalue weighted by molar-refractivity contribution is -0.169. The maximum atomic E-state index is 12.9. The number of fused-ring (bicyclic) bond motifs is 1. The summed E-state index contributed by atoms with van der Waals surface area (Å²) in [6.07, 6.45) is -0.990. The molecule has 0 aliphatic carbocycles. The zero-order chi connectivity index (χ0) is 22.2. The largest absolute Gasteiger partial charge is 0.393 e. The molecule has 10 heteroatoms. The van der Waals surface area contributed by atoms with E-state index < -0.39 is 18.1 Å². The molecule has 4 rings (SSSR count). The molecular weight excluding hydrogens is 409 g/mol. The highest BCUT2D eigenvalue weighted by molar-refractivity contribution is 5.91. The van der Waals surface area contributed by atoms with Crippen molar-refractivity contribution in [3.05, 3.63) is 42.2 Å². The number of aromatic nitrogens is 3. The van der Waals surface area contributed by atoms with Crippen molar-refractivity contribution < 1.29 is 18.0 Å². The molecule has 162 valence electrons. The molecular formula is C21H21F3N6O. The van der Waals surface area contributed by atoms with Crippen LogP contribution >= 0.6 is 0 Å². The highest BCUT2D eigenvalue weighted by Crippen LogP contribution is 2.34. The van der Waals surface area contributed by atoms with Gasteiger partial charge >= 0.3 is 12.2 Å². The van der Waals surface area contributed by atoms with E-state index in [1.165, 1.54) is 4.90 Å². The van der Waals surface area contributed by atoms with Crippen molar-refractivity contribution in [2.45, 2.75) is 19.5 Å². The lowest BCUT2D eigenvalue weighted by Gasteiger charge is -2.19. The summed E-state index contributed by atoms with van der Waals surface area (Å²) in [5.74, 6) is -0.996. The van der Waals surface area contributed by atoms with Crippen LogP contribution in [0.1, 0.15) is 12.0 Å². The molecule has 0 saturated carbocycles. The second kappa shape index (κ2) is 8.01.